The van der Waals surface area contributed by atoms with Gasteiger partial charge in [-0.3, -0.25) is 4.79 Å². The molecule has 11 atom stereocenters. The van der Waals surface area contributed by atoms with Crippen LogP contribution in [0.5, 0.6) is 0 Å². The molecule has 0 spiro atoms. The van der Waals surface area contributed by atoms with Crippen molar-refractivity contribution >= 4 is 17.7 Å². The van der Waals surface area contributed by atoms with Crippen molar-refractivity contribution in [3.05, 3.63) is 0 Å². The number of hydrogen-bond donors (Lipinski definition) is 6. The first-order valence-corrected chi connectivity index (χ1v) is 13.0. The molecule has 1 amide bonds. The molecule has 0 saturated carbocycles. The Morgan fingerprint density at radius 3 is 2.53 bits per heavy atom. The molecule has 3 aliphatic rings. The maximum atomic E-state index is 13.2. The molecule has 32 heavy (non-hydrogen) atoms. The summed E-state index contributed by atoms with van der Waals surface area (Å²) in [6.07, 6.45) is -1.66. The van der Waals surface area contributed by atoms with E-state index in [1.807, 2.05) is 0 Å². The molecule has 9 nitrogen and oxygen atoms in total. The fourth-order valence-electron chi connectivity index (χ4n) is 5.37. The smallest absolute Gasteiger partial charge is 0.240 e. The zero-order valence-electron chi connectivity index (χ0n) is 19.4. The van der Waals surface area contributed by atoms with Gasteiger partial charge in [-0.1, -0.05) is 13.8 Å². The topological polar surface area (TPSA) is 141 Å². The van der Waals surface area contributed by atoms with Crippen LogP contribution in [0.3, 0.4) is 0 Å². The van der Waals surface area contributed by atoms with Gasteiger partial charge < -0.3 is 40.5 Å². The predicted molar refractivity (Wildman–Crippen MR) is 121 cm³/mol. The van der Waals surface area contributed by atoms with Crippen LogP contribution in [-0.2, 0) is 14.3 Å². The Morgan fingerprint density at radius 2 is 1.91 bits per heavy atom. The standard InChI is InChI=1S/C22H40N2O7S/c1-10(2)7-12-5-6-30-19-13(8-12)9-23-15(19)21(29)24-14(11(3)25)20-17(27)16(26)18(28)22(31-20)32-4/h10-20,22-23,25-28H,5-9H2,1-4H3,(H,24,29)/t11-,12+,13+,14-,15+,16?,17?,18-,19-,20-,22?/m1/s1. The van der Waals surface area contributed by atoms with Crippen LogP contribution in [0.1, 0.15) is 40.0 Å². The lowest BCUT2D eigenvalue weighted by molar-refractivity contribution is -0.211. The molecule has 3 aliphatic heterocycles. The van der Waals surface area contributed by atoms with Crippen LogP contribution >= 0.6 is 11.8 Å². The highest BCUT2D eigenvalue weighted by Crippen LogP contribution is 2.34. The van der Waals surface area contributed by atoms with Gasteiger partial charge in [0.2, 0.25) is 5.91 Å². The van der Waals surface area contributed by atoms with E-state index < -0.39 is 48.0 Å². The minimum absolute atomic E-state index is 0.245. The van der Waals surface area contributed by atoms with Crippen molar-refractivity contribution in [3.63, 3.8) is 0 Å². The lowest BCUT2D eigenvalue weighted by Gasteiger charge is -2.44. The van der Waals surface area contributed by atoms with E-state index >= 15 is 0 Å². The van der Waals surface area contributed by atoms with E-state index in [1.165, 1.54) is 18.7 Å². The minimum atomic E-state index is -1.46. The monoisotopic (exact) mass is 476 g/mol. The van der Waals surface area contributed by atoms with Gasteiger partial charge in [0.15, 0.2) is 0 Å². The second-order valence-corrected chi connectivity index (χ2v) is 10.9. The predicted octanol–water partition coefficient (Wildman–Crippen LogP) is -0.548. The van der Waals surface area contributed by atoms with Gasteiger partial charge in [0.05, 0.1) is 18.2 Å². The maximum Gasteiger partial charge on any atom is 0.240 e. The van der Waals surface area contributed by atoms with Crippen LogP contribution < -0.4 is 10.6 Å². The third-order valence-corrected chi connectivity index (χ3v) is 7.83. The average molecular weight is 477 g/mol. The highest BCUT2D eigenvalue weighted by molar-refractivity contribution is 7.99. The van der Waals surface area contributed by atoms with Gasteiger partial charge in [-0.15, -0.1) is 11.8 Å². The van der Waals surface area contributed by atoms with Crippen molar-refractivity contribution in [1.29, 1.82) is 0 Å². The molecule has 3 saturated heterocycles. The van der Waals surface area contributed by atoms with Gasteiger partial charge in [-0.05, 0) is 50.2 Å². The molecule has 3 unspecified atom stereocenters. The van der Waals surface area contributed by atoms with Crippen LogP contribution in [0.2, 0.25) is 0 Å². The van der Waals surface area contributed by atoms with Crippen LogP contribution in [0.25, 0.3) is 0 Å². The summed E-state index contributed by atoms with van der Waals surface area (Å²) in [4.78, 5) is 13.2. The molecule has 0 aliphatic carbocycles. The number of aliphatic hydroxyl groups excluding tert-OH is 4. The molecule has 10 heteroatoms. The van der Waals surface area contributed by atoms with Crippen LogP contribution in [-0.4, -0.2) is 99.9 Å². The molecule has 3 fully saturated rings. The first kappa shape index (κ1) is 26.2. The Hall–Kier alpha value is -0.460. The molecule has 0 aromatic carbocycles. The van der Waals surface area contributed by atoms with Gasteiger partial charge in [-0.2, -0.15) is 0 Å². The van der Waals surface area contributed by atoms with Crippen LogP contribution in [0.15, 0.2) is 0 Å². The number of nitrogens with one attached hydrogen (secondary N) is 2. The fourth-order valence-corrected chi connectivity index (χ4v) is 6.05. The third kappa shape index (κ3) is 5.78. The summed E-state index contributed by atoms with van der Waals surface area (Å²) in [6, 6.07) is -1.53. The second-order valence-electron chi connectivity index (χ2n) is 9.95. The largest absolute Gasteiger partial charge is 0.391 e. The van der Waals surface area contributed by atoms with Crippen molar-refractivity contribution in [1.82, 2.24) is 10.6 Å². The van der Waals surface area contributed by atoms with E-state index in [2.05, 4.69) is 24.5 Å². The lowest BCUT2D eigenvalue weighted by atomic mass is 9.85. The highest BCUT2D eigenvalue weighted by Gasteiger charge is 2.49. The number of amides is 1. The van der Waals surface area contributed by atoms with Crippen molar-refractivity contribution in [2.75, 3.05) is 19.4 Å². The Bertz CT molecular complexity index is 623. The average Bonchev–Trinajstić information content (AvgIpc) is 3.02. The molecule has 6 N–H and O–H groups in total. The first-order chi connectivity index (χ1) is 15.1. The number of rotatable bonds is 7. The van der Waals surface area contributed by atoms with E-state index in [4.69, 9.17) is 9.47 Å². The van der Waals surface area contributed by atoms with Crippen molar-refractivity contribution in [2.45, 2.75) is 94.2 Å². The Labute approximate surface area is 194 Å². The second kappa shape index (κ2) is 11.3. The number of ether oxygens (including phenoxy) is 2. The van der Waals surface area contributed by atoms with E-state index in [0.717, 1.165) is 19.3 Å². The van der Waals surface area contributed by atoms with Crippen LogP contribution in [0, 0.1) is 17.8 Å². The summed E-state index contributed by atoms with van der Waals surface area (Å²) in [6.45, 7) is 7.26. The quantitative estimate of drug-likeness (QED) is 0.286. The first-order valence-electron chi connectivity index (χ1n) is 11.7. The van der Waals surface area contributed by atoms with Gasteiger partial charge in [0.25, 0.3) is 0 Å². The summed E-state index contributed by atoms with van der Waals surface area (Å²) in [5.41, 5.74) is -0.784. The molecule has 0 radical (unpaired) electrons. The number of thioether (sulfide) groups is 1. The summed E-state index contributed by atoms with van der Waals surface area (Å²) in [7, 11) is 0. The molecular formula is C22H40N2O7S. The number of hydrogen-bond acceptors (Lipinski definition) is 9. The normalized spacial score (nSPS) is 42.2. The highest BCUT2D eigenvalue weighted by atomic mass is 32.2. The number of fused-ring (bicyclic) bond motifs is 1. The molecule has 0 aromatic heterocycles. The van der Waals surface area contributed by atoms with Gasteiger partial charge >= 0.3 is 0 Å². The zero-order valence-corrected chi connectivity index (χ0v) is 20.2. The molecule has 0 aromatic rings. The lowest BCUT2D eigenvalue weighted by Crippen LogP contribution is -2.66. The molecule has 3 rings (SSSR count). The number of aliphatic hydroxyl groups is 4. The summed E-state index contributed by atoms with van der Waals surface area (Å²) < 4.78 is 11.9. The SMILES string of the molecule is CSC1O[C@H]([C@H](NC(=O)[C@H]2NC[C@@H]3C[C@H](CC(C)C)CCO[C@H]32)[C@@H](C)O)C(O)C(O)[C@H]1O. The maximum absolute atomic E-state index is 13.2. The summed E-state index contributed by atoms with van der Waals surface area (Å²) in [5.74, 6) is 1.12. The molecule has 3 heterocycles. The van der Waals surface area contributed by atoms with Gasteiger partial charge in [0, 0.05) is 13.2 Å². The van der Waals surface area contributed by atoms with Crippen molar-refractivity contribution < 1.29 is 34.7 Å². The Morgan fingerprint density at radius 1 is 1.19 bits per heavy atom. The summed E-state index contributed by atoms with van der Waals surface area (Å²) >= 11 is 1.19. The molecule has 0 bridgehead atoms. The van der Waals surface area contributed by atoms with Gasteiger partial charge in [-0.25, -0.2) is 0 Å². The van der Waals surface area contributed by atoms with Crippen LogP contribution in [0.4, 0.5) is 0 Å². The third-order valence-electron chi connectivity index (χ3n) is 6.97. The van der Waals surface area contributed by atoms with Crippen molar-refractivity contribution in [3.8, 4) is 0 Å². The minimum Gasteiger partial charge on any atom is -0.391 e. The zero-order chi connectivity index (χ0) is 23.6. The van der Waals surface area contributed by atoms with E-state index in [1.54, 1.807) is 6.26 Å². The molecule has 186 valence electrons. The van der Waals surface area contributed by atoms with Crippen molar-refractivity contribution in [2.24, 2.45) is 17.8 Å². The van der Waals surface area contributed by atoms with E-state index in [9.17, 15) is 25.2 Å². The number of carbonyl (C=O) groups excluding carboxylic acids is 1. The Kier molecular flexibility index (Phi) is 9.24. The Balaban J connectivity index is 1.68. The molecular weight excluding hydrogens is 436 g/mol. The summed E-state index contributed by atoms with van der Waals surface area (Å²) in [5, 5.41) is 47.3. The number of carbonyl (C=O) groups is 1. The fraction of sp³-hybridized carbons (Fsp3) is 0.955. The van der Waals surface area contributed by atoms with E-state index in [-0.39, 0.29) is 17.9 Å². The van der Waals surface area contributed by atoms with E-state index in [0.29, 0.717) is 25.0 Å². The van der Waals surface area contributed by atoms with Gasteiger partial charge in [0.1, 0.15) is 35.9 Å².